The van der Waals surface area contributed by atoms with Crippen LogP contribution in [0.15, 0.2) is 60.7 Å². The van der Waals surface area contributed by atoms with Crippen LogP contribution in [0.3, 0.4) is 0 Å². The second-order valence-electron chi connectivity index (χ2n) is 9.29. The molecule has 0 aliphatic carbocycles. The Morgan fingerprint density at radius 3 is 1.70 bits per heavy atom. The molecule has 37 heavy (non-hydrogen) atoms. The van der Waals surface area contributed by atoms with Crippen molar-refractivity contribution < 1.29 is 27.7 Å². The normalized spacial score (nSPS) is 13.9. The summed E-state index contributed by atoms with van der Waals surface area (Å²) in [5.41, 5.74) is 3.92. The molecule has 0 heterocycles. The van der Waals surface area contributed by atoms with Gasteiger partial charge in [0, 0.05) is 6.07 Å². The summed E-state index contributed by atoms with van der Waals surface area (Å²) >= 11 is 0. The van der Waals surface area contributed by atoms with Crippen LogP contribution in [0.25, 0.3) is 0 Å². The zero-order chi connectivity index (χ0) is 27.2. The molecule has 0 aliphatic heterocycles. The van der Waals surface area contributed by atoms with Crippen LogP contribution in [0.1, 0.15) is 55.9 Å². The smallest absolute Gasteiger partial charge is 0.278 e. The molecule has 0 aliphatic rings. The number of ether oxygens (including phenoxy) is 2. The Kier molecular flexibility index (Phi) is 9.93. The lowest BCUT2D eigenvalue weighted by atomic mass is 10.1. The van der Waals surface area contributed by atoms with Crippen molar-refractivity contribution in [3.63, 3.8) is 0 Å². The average Bonchev–Trinajstić information content (AvgIpc) is 2.86. The first kappa shape index (κ1) is 28.9. The molecule has 3 unspecified atom stereocenters. The van der Waals surface area contributed by atoms with Crippen molar-refractivity contribution in [1.29, 1.82) is 0 Å². The van der Waals surface area contributed by atoms with Crippen molar-refractivity contribution in [1.82, 2.24) is 0 Å². The maximum absolute atomic E-state index is 13.6. The van der Waals surface area contributed by atoms with Gasteiger partial charge in [-0.1, -0.05) is 56.3 Å². The van der Waals surface area contributed by atoms with E-state index >= 15 is 0 Å². The molecule has 8 heteroatoms. The topological polar surface area (TPSA) is 71.1 Å². The van der Waals surface area contributed by atoms with Crippen LogP contribution < -0.4 is 18.5 Å². The molecule has 200 valence electrons. The zero-order valence-electron chi connectivity index (χ0n) is 22.7. The SMILES string of the molecule is CCC(CC)(Oc1c(C)cccc1C)[PH](=O)Oc1cccc(O[PH](=O)C(C)Oc2c(C)cccc2C)c1. The van der Waals surface area contributed by atoms with Crippen molar-refractivity contribution >= 4 is 16.1 Å². The van der Waals surface area contributed by atoms with Crippen LogP contribution in [0, 0.1) is 27.7 Å². The number of rotatable bonds is 12. The van der Waals surface area contributed by atoms with Crippen molar-refractivity contribution in [3.8, 4) is 23.0 Å². The van der Waals surface area contributed by atoms with E-state index in [1.165, 1.54) is 0 Å². The van der Waals surface area contributed by atoms with Gasteiger partial charge in [-0.05, 0) is 81.8 Å². The minimum Gasteiger partial charge on any atom is -0.479 e. The second kappa shape index (κ2) is 12.7. The Bertz CT molecular complexity index is 1230. The fraction of sp³-hybridized carbons (Fsp3) is 0.379. The molecular weight excluding hydrogens is 506 g/mol. The summed E-state index contributed by atoms with van der Waals surface area (Å²) in [5.74, 6) is 1.55. The molecule has 3 aromatic rings. The molecular formula is C29H38O6P2. The van der Waals surface area contributed by atoms with Crippen molar-refractivity contribution in [3.05, 3.63) is 82.9 Å². The molecule has 0 aromatic heterocycles. The molecule has 0 saturated heterocycles. The van der Waals surface area contributed by atoms with Crippen LogP contribution in [-0.2, 0) is 9.13 Å². The summed E-state index contributed by atoms with van der Waals surface area (Å²) in [6, 6.07) is 18.5. The molecule has 0 radical (unpaired) electrons. The molecule has 3 atom stereocenters. The number of para-hydroxylation sites is 2. The summed E-state index contributed by atoms with van der Waals surface area (Å²) in [4.78, 5) is 0. The van der Waals surface area contributed by atoms with Crippen molar-refractivity contribution in [2.45, 2.75) is 72.5 Å². The third kappa shape index (κ3) is 7.00. The van der Waals surface area contributed by atoms with Crippen LogP contribution in [0.5, 0.6) is 23.0 Å². The minimum atomic E-state index is -2.70. The van der Waals surface area contributed by atoms with E-state index in [1.807, 2.05) is 77.9 Å². The van der Waals surface area contributed by atoms with Crippen molar-refractivity contribution in [2.75, 3.05) is 0 Å². The maximum Gasteiger partial charge on any atom is 0.278 e. The van der Waals surface area contributed by atoms with E-state index in [0.29, 0.717) is 30.1 Å². The van der Waals surface area contributed by atoms with Gasteiger partial charge in [0.05, 0.1) is 0 Å². The van der Waals surface area contributed by atoms with E-state index < -0.39 is 27.2 Å². The average molecular weight is 545 g/mol. The third-order valence-corrected chi connectivity index (χ3v) is 9.68. The first-order chi connectivity index (χ1) is 17.6. The molecule has 0 bridgehead atoms. The third-order valence-electron chi connectivity index (χ3n) is 6.49. The van der Waals surface area contributed by atoms with E-state index in [1.54, 1.807) is 31.2 Å². The number of benzene rings is 3. The number of hydrogen-bond acceptors (Lipinski definition) is 6. The highest BCUT2D eigenvalue weighted by atomic mass is 31.1. The standard InChI is InChI=1S/C29H38O6P2/c1-8-29(9-2,33-28-22(5)15-11-16-23(28)6)37(31)35-26-18-12-17-25(19-26)34-36(30)24(7)32-27-20(3)13-10-14-21(27)4/h10-19,24,36-37H,8-9H2,1-7H3. The fourth-order valence-electron chi connectivity index (χ4n) is 4.09. The molecule has 3 aromatic carbocycles. The zero-order valence-corrected chi connectivity index (χ0v) is 24.7. The van der Waals surface area contributed by atoms with Gasteiger partial charge in [-0.15, -0.1) is 0 Å². The fourth-order valence-corrected chi connectivity index (χ4v) is 6.12. The molecule has 0 spiro atoms. The lowest BCUT2D eigenvalue weighted by Gasteiger charge is -2.33. The first-order valence-corrected chi connectivity index (χ1v) is 15.3. The van der Waals surface area contributed by atoms with Gasteiger partial charge in [0.25, 0.3) is 16.1 Å². The summed E-state index contributed by atoms with van der Waals surface area (Å²) in [7, 11) is -5.31. The Balaban J connectivity index is 1.72. The Labute approximate surface area is 222 Å². The van der Waals surface area contributed by atoms with Gasteiger partial charge in [-0.25, -0.2) is 0 Å². The van der Waals surface area contributed by atoms with Crippen LogP contribution in [-0.4, -0.2) is 11.2 Å². The highest BCUT2D eigenvalue weighted by Gasteiger charge is 2.38. The number of hydrogen-bond donors (Lipinski definition) is 0. The molecule has 0 N–H and O–H groups in total. The summed E-state index contributed by atoms with van der Waals surface area (Å²) in [6.45, 7) is 13.5. The molecule has 0 fully saturated rings. The van der Waals surface area contributed by atoms with Gasteiger partial charge >= 0.3 is 0 Å². The van der Waals surface area contributed by atoms with E-state index in [2.05, 4.69) is 0 Å². The van der Waals surface area contributed by atoms with Gasteiger partial charge < -0.3 is 18.5 Å². The predicted octanol–water partition coefficient (Wildman–Crippen LogP) is 8.65. The lowest BCUT2D eigenvalue weighted by Crippen LogP contribution is -2.32. The largest absolute Gasteiger partial charge is 0.479 e. The second-order valence-corrected chi connectivity index (χ2v) is 12.6. The Morgan fingerprint density at radius 2 is 1.19 bits per heavy atom. The first-order valence-electron chi connectivity index (χ1n) is 12.6. The molecule has 0 amide bonds. The van der Waals surface area contributed by atoms with E-state index in [0.717, 1.165) is 28.0 Å². The van der Waals surface area contributed by atoms with E-state index in [4.69, 9.17) is 18.5 Å². The molecule has 6 nitrogen and oxygen atoms in total. The monoisotopic (exact) mass is 544 g/mol. The molecule has 0 saturated carbocycles. The summed E-state index contributed by atoms with van der Waals surface area (Å²) in [6.07, 6.45) is 1.04. The van der Waals surface area contributed by atoms with Gasteiger partial charge in [-0.2, -0.15) is 0 Å². The lowest BCUT2D eigenvalue weighted by molar-refractivity contribution is 0.133. The summed E-state index contributed by atoms with van der Waals surface area (Å²) in [5, 5.41) is -0.959. The Hall–Kier alpha value is -2.68. The van der Waals surface area contributed by atoms with Gasteiger partial charge in [0.15, 0.2) is 11.2 Å². The Morgan fingerprint density at radius 1 is 0.730 bits per heavy atom. The van der Waals surface area contributed by atoms with E-state index in [-0.39, 0.29) is 0 Å². The summed E-state index contributed by atoms with van der Waals surface area (Å²) < 4.78 is 50.5. The van der Waals surface area contributed by atoms with Gasteiger partial charge in [-0.3, -0.25) is 9.13 Å². The molecule has 3 rings (SSSR count). The van der Waals surface area contributed by atoms with Crippen molar-refractivity contribution in [2.24, 2.45) is 0 Å². The quantitative estimate of drug-likeness (QED) is 0.213. The minimum absolute atomic E-state index is 0.363. The van der Waals surface area contributed by atoms with Crippen LogP contribution in [0.2, 0.25) is 0 Å². The van der Waals surface area contributed by atoms with E-state index in [9.17, 15) is 9.13 Å². The highest BCUT2D eigenvalue weighted by molar-refractivity contribution is 7.41. The number of aryl methyl sites for hydroxylation is 4. The van der Waals surface area contributed by atoms with Gasteiger partial charge in [0.2, 0.25) is 0 Å². The predicted molar refractivity (Wildman–Crippen MR) is 152 cm³/mol. The van der Waals surface area contributed by atoms with Crippen LogP contribution in [0.4, 0.5) is 0 Å². The maximum atomic E-state index is 13.6. The van der Waals surface area contributed by atoms with Crippen LogP contribution >= 0.6 is 16.1 Å². The van der Waals surface area contributed by atoms with Gasteiger partial charge in [0.1, 0.15) is 23.0 Å². The highest BCUT2D eigenvalue weighted by Crippen LogP contribution is 2.48.